The van der Waals surface area contributed by atoms with Crippen LogP contribution in [0.2, 0.25) is 0 Å². The van der Waals surface area contributed by atoms with E-state index in [-0.39, 0.29) is 5.92 Å². The Bertz CT molecular complexity index is 390. The highest BCUT2D eigenvalue weighted by Gasteiger charge is 2.54. The standard InChI is InChI=1S/C14H20N2O/c17-14-12-9-5-6-10(8-9)13(12)15-11-4-2-1-3-7-16(11)14/h9-10,12-13H,1-8H2/t9-,10+,12+,13-/m0/s1. The molecule has 17 heavy (non-hydrogen) atoms. The Hall–Kier alpha value is -0.860. The van der Waals surface area contributed by atoms with E-state index in [2.05, 4.69) is 0 Å². The molecule has 4 rings (SSSR count). The highest BCUT2D eigenvalue weighted by atomic mass is 16.2. The molecule has 3 fully saturated rings. The van der Waals surface area contributed by atoms with Gasteiger partial charge in [0.15, 0.2) is 0 Å². The molecule has 0 spiro atoms. The van der Waals surface area contributed by atoms with Gasteiger partial charge in [-0.2, -0.15) is 0 Å². The fraction of sp³-hybridized carbons (Fsp3) is 0.857. The number of amides is 1. The van der Waals surface area contributed by atoms with Crippen molar-refractivity contribution in [3.8, 4) is 0 Å². The summed E-state index contributed by atoms with van der Waals surface area (Å²) in [6, 6.07) is 0.366. The van der Waals surface area contributed by atoms with Gasteiger partial charge in [0.05, 0.1) is 12.0 Å². The zero-order valence-electron chi connectivity index (χ0n) is 10.3. The first-order valence-corrected chi connectivity index (χ1v) is 7.22. The summed E-state index contributed by atoms with van der Waals surface area (Å²) in [6.07, 6.45) is 8.53. The Morgan fingerprint density at radius 3 is 2.94 bits per heavy atom. The van der Waals surface area contributed by atoms with Crippen LogP contribution in [0.1, 0.15) is 44.9 Å². The normalized spacial score (nSPS) is 44.1. The molecule has 0 aromatic carbocycles. The molecule has 2 aliphatic carbocycles. The van der Waals surface area contributed by atoms with Crippen LogP contribution in [0.4, 0.5) is 0 Å². The average molecular weight is 232 g/mol. The number of carbonyl (C=O) groups excluding carboxylic acids is 1. The second-order valence-corrected chi connectivity index (χ2v) is 6.20. The zero-order valence-corrected chi connectivity index (χ0v) is 10.3. The number of fused-ring (bicyclic) bond motifs is 6. The molecule has 2 saturated carbocycles. The van der Waals surface area contributed by atoms with Crippen molar-refractivity contribution in [2.45, 2.75) is 51.0 Å². The van der Waals surface area contributed by atoms with Gasteiger partial charge in [-0.05, 0) is 43.9 Å². The number of amidine groups is 1. The molecule has 2 aliphatic heterocycles. The largest absolute Gasteiger partial charge is 0.300 e. The summed E-state index contributed by atoms with van der Waals surface area (Å²) >= 11 is 0. The number of nitrogens with zero attached hydrogens (tertiary/aromatic N) is 2. The van der Waals surface area contributed by atoms with E-state index in [9.17, 15) is 4.79 Å². The molecule has 4 atom stereocenters. The summed E-state index contributed by atoms with van der Waals surface area (Å²) in [6.45, 7) is 0.929. The van der Waals surface area contributed by atoms with Crippen molar-refractivity contribution >= 4 is 11.7 Å². The van der Waals surface area contributed by atoms with Crippen LogP contribution in [0.3, 0.4) is 0 Å². The Kier molecular flexibility index (Phi) is 2.12. The number of hydrogen-bond acceptors (Lipinski definition) is 2. The minimum Gasteiger partial charge on any atom is -0.300 e. The molecule has 3 nitrogen and oxygen atoms in total. The number of aliphatic imine (C=N–C) groups is 1. The summed E-state index contributed by atoms with van der Waals surface area (Å²) in [5, 5.41) is 0. The molecule has 2 heterocycles. The van der Waals surface area contributed by atoms with Crippen LogP contribution >= 0.6 is 0 Å². The van der Waals surface area contributed by atoms with Crippen molar-refractivity contribution in [2.75, 3.05) is 6.54 Å². The smallest absolute Gasteiger partial charge is 0.233 e. The van der Waals surface area contributed by atoms with E-state index in [1.807, 2.05) is 4.90 Å². The van der Waals surface area contributed by atoms with E-state index in [0.717, 1.165) is 31.1 Å². The lowest BCUT2D eigenvalue weighted by Gasteiger charge is -2.37. The highest BCUT2D eigenvalue weighted by molar-refractivity contribution is 6.02. The molecular weight excluding hydrogens is 212 g/mol. The van der Waals surface area contributed by atoms with Crippen LogP contribution in [0.15, 0.2) is 4.99 Å². The van der Waals surface area contributed by atoms with Gasteiger partial charge >= 0.3 is 0 Å². The van der Waals surface area contributed by atoms with Crippen LogP contribution in [-0.2, 0) is 4.79 Å². The minimum atomic E-state index is 0.260. The van der Waals surface area contributed by atoms with E-state index in [4.69, 9.17) is 4.99 Å². The Morgan fingerprint density at radius 1 is 1.12 bits per heavy atom. The first-order chi connectivity index (χ1) is 8.34. The topological polar surface area (TPSA) is 32.7 Å². The maximum atomic E-state index is 12.6. The van der Waals surface area contributed by atoms with Gasteiger partial charge in [0.2, 0.25) is 5.91 Å². The number of hydrogen-bond donors (Lipinski definition) is 0. The molecule has 1 saturated heterocycles. The third kappa shape index (κ3) is 1.34. The van der Waals surface area contributed by atoms with Crippen molar-refractivity contribution in [3.05, 3.63) is 0 Å². The predicted molar refractivity (Wildman–Crippen MR) is 65.7 cm³/mol. The Labute approximate surface area is 102 Å². The number of carbonyl (C=O) groups is 1. The molecule has 0 radical (unpaired) electrons. The van der Waals surface area contributed by atoms with Crippen LogP contribution in [-0.4, -0.2) is 29.2 Å². The molecule has 0 unspecified atom stereocenters. The molecule has 0 N–H and O–H groups in total. The lowest BCUT2D eigenvalue weighted by Crippen LogP contribution is -2.50. The fourth-order valence-corrected chi connectivity index (χ4v) is 4.51. The van der Waals surface area contributed by atoms with Crippen molar-refractivity contribution in [3.63, 3.8) is 0 Å². The first kappa shape index (κ1) is 10.1. The van der Waals surface area contributed by atoms with Crippen LogP contribution in [0.5, 0.6) is 0 Å². The van der Waals surface area contributed by atoms with Gasteiger partial charge in [-0.3, -0.25) is 9.79 Å². The second-order valence-electron chi connectivity index (χ2n) is 6.20. The minimum absolute atomic E-state index is 0.260. The van der Waals surface area contributed by atoms with Crippen LogP contribution in [0, 0.1) is 17.8 Å². The molecule has 92 valence electrons. The van der Waals surface area contributed by atoms with Gasteiger partial charge in [0.25, 0.3) is 0 Å². The van der Waals surface area contributed by atoms with E-state index in [1.165, 1.54) is 32.1 Å². The molecule has 2 bridgehead atoms. The molecule has 0 aromatic rings. The summed E-state index contributed by atoms with van der Waals surface area (Å²) in [7, 11) is 0. The summed E-state index contributed by atoms with van der Waals surface area (Å²) in [5.74, 6) is 3.20. The average Bonchev–Trinajstić information content (AvgIpc) is 2.84. The Morgan fingerprint density at radius 2 is 2.00 bits per heavy atom. The Balaban J connectivity index is 1.72. The van der Waals surface area contributed by atoms with E-state index >= 15 is 0 Å². The van der Waals surface area contributed by atoms with Gasteiger partial charge in [-0.25, -0.2) is 0 Å². The van der Waals surface area contributed by atoms with Crippen molar-refractivity contribution < 1.29 is 4.79 Å². The van der Waals surface area contributed by atoms with Crippen molar-refractivity contribution in [1.29, 1.82) is 0 Å². The highest BCUT2D eigenvalue weighted by Crippen LogP contribution is 2.52. The van der Waals surface area contributed by atoms with Gasteiger partial charge in [-0.1, -0.05) is 6.42 Å². The zero-order chi connectivity index (χ0) is 11.4. The molecule has 1 amide bonds. The number of rotatable bonds is 0. The third-order valence-electron chi connectivity index (χ3n) is 5.32. The molecular formula is C14H20N2O. The van der Waals surface area contributed by atoms with Gasteiger partial charge in [-0.15, -0.1) is 0 Å². The molecule has 4 aliphatic rings. The van der Waals surface area contributed by atoms with Gasteiger partial charge in [0.1, 0.15) is 5.84 Å². The maximum absolute atomic E-state index is 12.6. The van der Waals surface area contributed by atoms with E-state index in [0.29, 0.717) is 17.9 Å². The maximum Gasteiger partial charge on any atom is 0.233 e. The van der Waals surface area contributed by atoms with Crippen molar-refractivity contribution in [1.82, 2.24) is 4.90 Å². The fourth-order valence-electron chi connectivity index (χ4n) is 4.51. The quantitative estimate of drug-likeness (QED) is 0.630. The summed E-state index contributed by atoms with van der Waals surface area (Å²) in [5.41, 5.74) is 0. The monoisotopic (exact) mass is 232 g/mol. The van der Waals surface area contributed by atoms with E-state index < -0.39 is 0 Å². The lowest BCUT2D eigenvalue weighted by atomic mass is 9.82. The SMILES string of the molecule is O=C1[C@@H]2[C@H]3CC[C@H](C3)[C@@H]2N=C2CCCCCN12. The van der Waals surface area contributed by atoms with Crippen molar-refractivity contribution in [2.24, 2.45) is 22.7 Å². The molecule has 0 aromatic heterocycles. The predicted octanol–water partition coefficient (Wildman–Crippen LogP) is 2.22. The molecule has 3 heteroatoms. The summed E-state index contributed by atoms with van der Waals surface area (Å²) in [4.78, 5) is 19.6. The first-order valence-electron chi connectivity index (χ1n) is 7.22. The van der Waals surface area contributed by atoms with Gasteiger partial charge < -0.3 is 4.90 Å². The third-order valence-corrected chi connectivity index (χ3v) is 5.32. The second kappa shape index (κ2) is 3.56. The van der Waals surface area contributed by atoms with Crippen LogP contribution < -0.4 is 0 Å². The summed E-state index contributed by atoms with van der Waals surface area (Å²) < 4.78 is 0. The van der Waals surface area contributed by atoms with E-state index in [1.54, 1.807) is 0 Å². The lowest BCUT2D eigenvalue weighted by molar-refractivity contribution is -0.134. The van der Waals surface area contributed by atoms with Gasteiger partial charge in [0, 0.05) is 13.0 Å². The van der Waals surface area contributed by atoms with Crippen LogP contribution in [0.25, 0.3) is 0 Å².